The van der Waals surface area contributed by atoms with Crippen LogP contribution in [0, 0.1) is 0 Å². The normalized spacial score (nSPS) is 15.6. The zero-order valence-corrected chi connectivity index (χ0v) is 14.2. The highest BCUT2D eigenvalue weighted by molar-refractivity contribution is 7.99. The van der Waals surface area contributed by atoms with Gasteiger partial charge in [0.2, 0.25) is 0 Å². The van der Waals surface area contributed by atoms with Crippen LogP contribution in [0.15, 0.2) is 40.9 Å². The molecule has 1 aliphatic heterocycles. The third-order valence-electron chi connectivity index (χ3n) is 3.62. The van der Waals surface area contributed by atoms with Crippen molar-refractivity contribution in [2.24, 2.45) is 7.05 Å². The first-order chi connectivity index (χ1) is 11.0. The first-order valence-corrected chi connectivity index (χ1v) is 8.28. The summed E-state index contributed by atoms with van der Waals surface area (Å²) in [6, 6.07) is 7.07. The number of aromatic nitrogens is 1. The maximum Gasteiger partial charge on any atom is 0.354 e. The fraction of sp³-hybridized carbons (Fsp3) is 0.176. The van der Waals surface area contributed by atoms with Crippen LogP contribution in [0.25, 0.3) is 6.08 Å². The van der Waals surface area contributed by atoms with E-state index in [1.165, 1.54) is 7.11 Å². The van der Waals surface area contributed by atoms with Crippen molar-refractivity contribution < 1.29 is 14.3 Å². The number of thioether (sulfide) groups is 1. The van der Waals surface area contributed by atoms with Gasteiger partial charge in [-0.25, -0.2) is 4.79 Å². The number of ketones is 1. The van der Waals surface area contributed by atoms with E-state index in [-0.39, 0.29) is 5.78 Å². The molecule has 0 saturated carbocycles. The van der Waals surface area contributed by atoms with Crippen molar-refractivity contribution in [1.82, 2.24) is 4.57 Å². The number of carbonyl (C=O) groups excluding carboxylic acids is 2. The van der Waals surface area contributed by atoms with Gasteiger partial charge < -0.3 is 9.30 Å². The van der Waals surface area contributed by atoms with E-state index >= 15 is 0 Å². The molecule has 0 aliphatic carbocycles. The monoisotopic (exact) mass is 347 g/mol. The number of esters is 1. The molecule has 3 rings (SSSR count). The highest BCUT2D eigenvalue weighted by Crippen LogP contribution is 2.35. The Labute approximate surface area is 143 Å². The molecule has 0 unspecified atom stereocenters. The first kappa shape index (κ1) is 15.9. The largest absolute Gasteiger partial charge is 0.464 e. The number of fused-ring (bicyclic) bond motifs is 1. The van der Waals surface area contributed by atoms with E-state index in [1.807, 2.05) is 12.1 Å². The number of hydrogen-bond donors (Lipinski definition) is 0. The molecule has 0 N–H and O–H groups in total. The summed E-state index contributed by atoms with van der Waals surface area (Å²) >= 11 is 7.59. The summed E-state index contributed by atoms with van der Waals surface area (Å²) in [5, 5.41) is 0.548. The SMILES string of the molecule is COC(=O)c1cc(/C=C2\CSc3ccc(Cl)cc3C2=O)cn1C. The summed E-state index contributed by atoms with van der Waals surface area (Å²) in [5.74, 6) is 0.166. The predicted molar refractivity (Wildman–Crippen MR) is 91.2 cm³/mol. The molecule has 0 fully saturated rings. The molecule has 2 aromatic rings. The number of benzene rings is 1. The van der Waals surface area contributed by atoms with Crippen molar-refractivity contribution in [3.63, 3.8) is 0 Å². The minimum absolute atomic E-state index is 0.0234. The molecule has 0 amide bonds. The Hall–Kier alpha value is -1.98. The Morgan fingerprint density at radius 3 is 2.91 bits per heavy atom. The van der Waals surface area contributed by atoms with Crippen LogP contribution in [0.1, 0.15) is 26.4 Å². The van der Waals surface area contributed by atoms with Gasteiger partial charge in [0.25, 0.3) is 0 Å². The van der Waals surface area contributed by atoms with Crippen molar-refractivity contribution in [3.8, 4) is 0 Å². The quantitative estimate of drug-likeness (QED) is 0.611. The Balaban J connectivity index is 1.95. The fourth-order valence-corrected chi connectivity index (χ4v) is 3.65. The van der Waals surface area contributed by atoms with E-state index in [4.69, 9.17) is 16.3 Å². The number of nitrogens with zero attached hydrogens (tertiary/aromatic N) is 1. The number of carbonyl (C=O) groups is 2. The number of rotatable bonds is 2. The van der Waals surface area contributed by atoms with E-state index in [1.54, 1.807) is 47.8 Å². The van der Waals surface area contributed by atoms with Crippen LogP contribution in [0.3, 0.4) is 0 Å². The van der Waals surface area contributed by atoms with Gasteiger partial charge in [-0.15, -0.1) is 11.8 Å². The number of halogens is 1. The molecule has 1 aliphatic rings. The van der Waals surface area contributed by atoms with Gasteiger partial charge in [0.15, 0.2) is 5.78 Å². The summed E-state index contributed by atoms with van der Waals surface area (Å²) in [6.07, 6.45) is 3.61. The summed E-state index contributed by atoms with van der Waals surface area (Å²) in [5.41, 5.74) is 2.55. The number of methoxy groups -OCH3 is 1. The van der Waals surface area contributed by atoms with E-state index in [2.05, 4.69) is 0 Å². The average Bonchev–Trinajstić information content (AvgIpc) is 2.90. The predicted octanol–water partition coefficient (Wildman–Crippen LogP) is 3.84. The van der Waals surface area contributed by atoms with E-state index in [9.17, 15) is 9.59 Å². The number of aryl methyl sites for hydroxylation is 1. The van der Waals surface area contributed by atoms with Crippen molar-refractivity contribution in [2.75, 3.05) is 12.9 Å². The van der Waals surface area contributed by atoms with Crippen LogP contribution in [0.5, 0.6) is 0 Å². The Kier molecular flexibility index (Phi) is 4.33. The second kappa shape index (κ2) is 6.26. The lowest BCUT2D eigenvalue weighted by molar-refractivity contribution is 0.0590. The Morgan fingerprint density at radius 2 is 2.17 bits per heavy atom. The third-order valence-corrected chi connectivity index (χ3v) is 4.98. The zero-order valence-electron chi connectivity index (χ0n) is 12.6. The third kappa shape index (κ3) is 3.07. The van der Waals surface area contributed by atoms with E-state index in [0.717, 1.165) is 10.5 Å². The average molecular weight is 348 g/mol. The number of Topliss-reactive ketones (excluding diaryl/α,β-unsaturated/α-hetero) is 1. The van der Waals surface area contributed by atoms with Crippen molar-refractivity contribution in [1.29, 1.82) is 0 Å². The number of hydrogen-bond acceptors (Lipinski definition) is 4. The molecule has 0 spiro atoms. The topological polar surface area (TPSA) is 48.3 Å². The summed E-state index contributed by atoms with van der Waals surface area (Å²) in [7, 11) is 3.11. The molecule has 0 radical (unpaired) electrons. The van der Waals surface area contributed by atoms with E-state index in [0.29, 0.717) is 27.6 Å². The molecule has 6 heteroatoms. The van der Waals surface area contributed by atoms with Gasteiger partial charge in [-0.3, -0.25) is 4.79 Å². The molecule has 0 bridgehead atoms. The van der Waals surface area contributed by atoms with Gasteiger partial charge in [0, 0.05) is 40.1 Å². The van der Waals surface area contributed by atoms with Crippen molar-refractivity contribution in [2.45, 2.75) is 4.90 Å². The molecular formula is C17H14ClNO3S. The second-order valence-electron chi connectivity index (χ2n) is 5.19. The maximum atomic E-state index is 12.6. The van der Waals surface area contributed by atoms with Gasteiger partial charge in [-0.1, -0.05) is 11.6 Å². The fourth-order valence-electron chi connectivity index (χ4n) is 2.48. The van der Waals surface area contributed by atoms with Crippen molar-refractivity contribution >= 4 is 41.2 Å². The summed E-state index contributed by atoms with van der Waals surface area (Å²) in [6.45, 7) is 0. The van der Waals surface area contributed by atoms with Crippen LogP contribution >= 0.6 is 23.4 Å². The number of ether oxygens (including phenoxy) is 1. The van der Waals surface area contributed by atoms with Crippen LogP contribution < -0.4 is 0 Å². The van der Waals surface area contributed by atoms with Gasteiger partial charge in [0.05, 0.1) is 7.11 Å². The zero-order chi connectivity index (χ0) is 16.6. The first-order valence-electron chi connectivity index (χ1n) is 6.92. The minimum atomic E-state index is -0.404. The molecule has 1 aromatic heterocycles. The molecule has 4 nitrogen and oxygen atoms in total. The maximum absolute atomic E-state index is 12.6. The minimum Gasteiger partial charge on any atom is -0.464 e. The van der Waals surface area contributed by atoms with Crippen molar-refractivity contribution in [3.05, 3.63) is 57.9 Å². The van der Waals surface area contributed by atoms with Gasteiger partial charge in [0.1, 0.15) is 5.69 Å². The Bertz CT molecular complexity index is 838. The molecular weight excluding hydrogens is 334 g/mol. The van der Waals surface area contributed by atoms with Gasteiger partial charge in [-0.05, 0) is 35.9 Å². The van der Waals surface area contributed by atoms with Gasteiger partial charge >= 0.3 is 5.97 Å². The molecule has 23 heavy (non-hydrogen) atoms. The van der Waals surface area contributed by atoms with Crippen LogP contribution in [-0.4, -0.2) is 29.2 Å². The Morgan fingerprint density at radius 1 is 1.39 bits per heavy atom. The van der Waals surface area contributed by atoms with Crippen LogP contribution in [0.2, 0.25) is 5.02 Å². The van der Waals surface area contributed by atoms with Gasteiger partial charge in [-0.2, -0.15) is 0 Å². The van der Waals surface area contributed by atoms with E-state index < -0.39 is 5.97 Å². The molecule has 118 valence electrons. The lowest BCUT2D eigenvalue weighted by atomic mass is 10.0. The van der Waals surface area contributed by atoms with Crippen LogP contribution in [0.4, 0.5) is 0 Å². The summed E-state index contributed by atoms with van der Waals surface area (Å²) < 4.78 is 6.42. The molecule has 1 aromatic carbocycles. The second-order valence-corrected chi connectivity index (χ2v) is 6.64. The van der Waals surface area contributed by atoms with Crippen LogP contribution in [-0.2, 0) is 11.8 Å². The smallest absolute Gasteiger partial charge is 0.354 e. The standard InChI is InChI=1S/C17H14ClNO3S/c1-19-8-10(6-14(19)17(21)22-2)5-11-9-23-15-4-3-12(18)7-13(15)16(11)20/h3-8H,9H2,1-2H3/b11-5+. The summed E-state index contributed by atoms with van der Waals surface area (Å²) in [4.78, 5) is 25.2. The highest BCUT2D eigenvalue weighted by Gasteiger charge is 2.23. The molecule has 0 saturated heterocycles. The lowest BCUT2D eigenvalue weighted by Gasteiger charge is -2.16. The molecule has 2 heterocycles. The lowest BCUT2D eigenvalue weighted by Crippen LogP contribution is -2.12. The molecule has 0 atom stereocenters. The highest BCUT2D eigenvalue weighted by atomic mass is 35.5.